The number of rotatable bonds is 4. The number of ether oxygens (including phenoxy) is 1. The molecule has 1 aromatic heterocycles. The molecule has 9 nitrogen and oxygen atoms in total. The predicted molar refractivity (Wildman–Crippen MR) is 109 cm³/mol. The molecule has 0 spiro atoms. The summed E-state index contributed by atoms with van der Waals surface area (Å²) in [5.74, 6) is -2.90. The van der Waals surface area contributed by atoms with Crippen molar-refractivity contribution in [3.63, 3.8) is 0 Å². The molecule has 0 unspecified atom stereocenters. The fourth-order valence-corrected chi connectivity index (χ4v) is 3.65. The van der Waals surface area contributed by atoms with Gasteiger partial charge in [0.1, 0.15) is 0 Å². The Balaban J connectivity index is 1.71. The summed E-state index contributed by atoms with van der Waals surface area (Å²) in [6.45, 7) is 2.35. The first-order valence-electron chi connectivity index (χ1n) is 9.78. The maximum Gasteiger partial charge on any atom is 0.359 e. The second-order valence-electron chi connectivity index (χ2n) is 7.08. The number of phenolic OH excluding ortho intramolecular Hbond substituents is 3. The molecule has 1 amide bonds. The van der Waals surface area contributed by atoms with Gasteiger partial charge in [-0.1, -0.05) is 18.2 Å². The lowest BCUT2D eigenvalue weighted by molar-refractivity contribution is 0.0513. The van der Waals surface area contributed by atoms with Gasteiger partial charge < -0.3 is 25.0 Å². The maximum atomic E-state index is 13.0. The summed E-state index contributed by atoms with van der Waals surface area (Å²) in [5.41, 5.74) is 2.37. The fraction of sp³-hybridized carbons (Fsp3) is 0.227. The lowest BCUT2D eigenvalue weighted by Crippen LogP contribution is -2.36. The van der Waals surface area contributed by atoms with E-state index in [9.17, 15) is 24.9 Å². The molecular weight excluding hydrogens is 402 g/mol. The quantitative estimate of drug-likeness (QED) is 0.434. The van der Waals surface area contributed by atoms with E-state index in [4.69, 9.17) is 4.74 Å². The average Bonchev–Trinajstić information content (AvgIpc) is 3.16. The van der Waals surface area contributed by atoms with E-state index in [2.05, 4.69) is 5.10 Å². The molecule has 3 N–H and O–H groups in total. The first-order valence-corrected chi connectivity index (χ1v) is 9.78. The van der Waals surface area contributed by atoms with Crippen molar-refractivity contribution in [2.24, 2.45) is 0 Å². The van der Waals surface area contributed by atoms with Crippen molar-refractivity contribution in [1.29, 1.82) is 0 Å². The third-order valence-corrected chi connectivity index (χ3v) is 5.13. The summed E-state index contributed by atoms with van der Waals surface area (Å²) in [6, 6.07) is 11.6. The molecule has 160 valence electrons. The molecule has 1 aliphatic heterocycles. The van der Waals surface area contributed by atoms with Crippen molar-refractivity contribution in [3.05, 3.63) is 65.0 Å². The number of esters is 1. The number of para-hydroxylation sites is 1. The Labute approximate surface area is 177 Å². The van der Waals surface area contributed by atoms with Crippen LogP contribution >= 0.6 is 0 Å². The number of hydrogen-bond donors (Lipinski definition) is 3. The molecule has 0 saturated heterocycles. The fourth-order valence-electron chi connectivity index (χ4n) is 3.65. The van der Waals surface area contributed by atoms with Crippen LogP contribution in [0.1, 0.15) is 39.0 Å². The standard InChI is InChI=1S/C22H21N3O6/c1-2-31-22(30)19-15-12-24(21(29)13-10-17(26)20(28)18(27)11-13)9-8-16(15)25(23-19)14-6-4-3-5-7-14/h3-7,10-11,26-28H,2,8-9,12H2,1H3. The van der Waals surface area contributed by atoms with Crippen LogP contribution in [-0.4, -0.2) is 55.0 Å². The summed E-state index contributed by atoms with van der Waals surface area (Å²) in [7, 11) is 0. The van der Waals surface area contributed by atoms with Crippen LogP contribution in [0, 0.1) is 0 Å². The van der Waals surface area contributed by atoms with Crippen molar-refractivity contribution in [3.8, 4) is 22.9 Å². The number of hydrogen-bond acceptors (Lipinski definition) is 7. The van der Waals surface area contributed by atoms with Crippen LogP contribution in [0.5, 0.6) is 17.2 Å². The van der Waals surface area contributed by atoms with Gasteiger partial charge in [-0.15, -0.1) is 0 Å². The SMILES string of the molecule is CCOC(=O)c1nn(-c2ccccc2)c2c1CN(C(=O)c1cc(O)c(O)c(O)c1)CC2. The minimum atomic E-state index is -0.689. The highest BCUT2D eigenvalue weighted by Gasteiger charge is 2.32. The Hall–Kier alpha value is -4.01. The number of nitrogens with zero attached hydrogens (tertiary/aromatic N) is 3. The number of phenols is 3. The number of amides is 1. The van der Waals surface area contributed by atoms with E-state index in [1.54, 1.807) is 11.6 Å². The zero-order valence-electron chi connectivity index (χ0n) is 16.8. The van der Waals surface area contributed by atoms with E-state index >= 15 is 0 Å². The molecule has 0 fully saturated rings. The molecule has 4 rings (SSSR count). The third-order valence-electron chi connectivity index (χ3n) is 5.13. The normalized spacial score (nSPS) is 13.0. The highest BCUT2D eigenvalue weighted by molar-refractivity contribution is 5.96. The number of aromatic nitrogens is 2. The van der Waals surface area contributed by atoms with Gasteiger partial charge in [0.25, 0.3) is 5.91 Å². The van der Waals surface area contributed by atoms with Gasteiger partial charge in [0.05, 0.1) is 24.5 Å². The molecule has 2 aromatic carbocycles. The molecule has 0 bridgehead atoms. The monoisotopic (exact) mass is 423 g/mol. The van der Waals surface area contributed by atoms with Gasteiger partial charge in [0, 0.05) is 24.1 Å². The number of fused-ring (bicyclic) bond motifs is 1. The zero-order valence-corrected chi connectivity index (χ0v) is 16.8. The van der Waals surface area contributed by atoms with Crippen LogP contribution in [0.3, 0.4) is 0 Å². The zero-order chi connectivity index (χ0) is 22.1. The number of carbonyl (C=O) groups is 2. The molecule has 0 radical (unpaired) electrons. The first kappa shape index (κ1) is 20.3. The largest absolute Gasteiger partial charge is 0.504 e. The van der Waals surface area contributed by atoms with Crippen LogP contribution < -0.4 is 0 Å². The van der Waals surface area contributed by atoms with E-state index in [0.29, 0.717) is 18.5 Å². The minimum Gasteiger partial charge on any atom is -0.504 e. The highest BCUT2D eigenvalue weighted by Crippen LogP contribution is 2.36. The maximum absolute atomic E-state index is 13.0. The Morgan fingerprint density at radius 2 is 1.77 bits per heavy atom. The second-order valence-corrected chi connectivity index (χ2v) is 7.08. The van der Waals surface area contributed by atoms with Crippen LogP contribution in [0.4, 0.5) is 0 Å². The average molecular weight is 423 g/mol. The van der Waals surface area contributed by atoms with Gasteiger partial charge in [-0.2, -0.15) is 5.10 Å². The third kappa shape index (κ3) is 3.65. The Morgan fingerprint density at radius 1 is 1.10 bits per heavy atom. The molecule has 2 heterocycles. The molecule has 0 aliphatic carbocycles. The lowest BCUT2D eigenvalue weighted by Gasteiger charge is -2.28. The number of aromatic hydroxyl groups is 3. The smallest absolute Gasteiger partial charge is 0.359 e. The van der Waals surface area contributed by atoms with Crippen molar-refractivity contribution >= 4 is 11.9 Å². The Morgan fingerprint density at radius 3 is 2.42 bits per heavy atom. The van der Waals surface area contributed by atoms with E-state index < -0.39 is 29.1 Å². The van der Waals surface area contributed by atoms with Gasteiger partial charge >= 0.3 is 5.97 Å². The van der Waals surface area contributed by atoms with Crippen LogP contribution in [0.2, 0.25) is 0 Å². The molecule has 0 atom stereocenters. The van der Waals surface area contributed by atoms with Crippen LogP contribution in [-0.2, 0) is 17.7 Å². The summed E-state index contributed by atoms with van der Waals surface area (Å²) in [6.07, 6.45) is 0.443. The van der Waals surface area contributed by atoms with E-state index in [1.165, 1.54) is 4.90 Å². The number of benzene rings is 2. The second kappa shape index (κ2) is 8.02. The minimum absolute atomic E-state index is 0.0179. The van der Waals surface area contributed by atoms with E-state index in [-0.39, 0.29) is 24.4 Å². The first-order chi connectivity index (χ1) is 14.9. The van der Waals surface area contributed by atoms with Crippen LogP contribution in [0.15, 0.2) is 42.5 Å². The summed E-state index contributed by atoms with van der Waals surface area (Å²) in [5, 5.41) is 33.5. The van der Waals surface area contributed by atoms with Gasteiger partial charge in [0.15, 0.2) is 22.9 Å². The molecule has 9 heteroatoms. The molecule has 1 aliphatic rings. The predicted octanol–water partition coefficient (Wildman–Crippen LogP) is 2.36. The number of carbonyl (C=O) groups excluding carboxylic acids is 2. The van der Waals surface area contributed by atoms with Crippen molar-refractivity contribution < 1.29 is 29.6 Å². The molecular formula is C22H21N3O6. The van der Waals surface area contributed by atoms with Crippen molar-refractivity contribution in [2.75, 3.05) is 13.2 Å². The topological polar surface area (TPSA) is 125 Å². The highest BCUT2D eigenvalue weighted by atomic mass is 16.5. The van der Waals surface area contributed by atoms with Gasteiger partial charge in [-0.25, -0.2) is 9.48 Å². The summed E-state index contributed by atoms with van der Waals surface area (Å²) < 4.78 is 6.85. The Bertz CT molecular complexity index is 1130. The van der Waals surface area contributed by atoms with Crippen molar-refractivity contribution in [2.45, 2.75) is 19.9 Å². The van der Waals surface area contributed by atoms with Gasteiger partial charge in [-0.3, -0.25) is 4.79 Å². The van der Waals surface area contributed by atoms with E-state index in [1.807, 2.05) is 30.3 Å². The summed E-state index contributed by atoms with van der Waals surface area (Å²) >= 11 is 0. The lowest BCUT2D eigenvalue weighted by atomic mass is 10.0. The van der Waals surface area contributed by atoms with Crippen LogP contribution in [0.25, 0.3) is 5.69 Å². The molecule has 0 saturated carbocycles. The van der Waals surface area contributed by atoms with Gasteiger partial charge in [-0.05, 0) is 31.2 Å². The van der Waals surface area contributed by atoms with E-state index in [0.717, 1.165) is 23.5 Å². The summed E-state index contributed by atoms with van der Waals surface area (Å²) in [4.78, 5) is 27.0. The molecule has 3 aromatic rings. The van der Waals surface area contributed by atoms with Gasteiger partial charge in [0.2, 0.25) is 0 Å². The van der Waals surface area contributed by atoms with Crippen molar-refractivity contribution in [1.82, 2.24) is 14.7 Å². The Kier molecular flexibility index (Phi) is 5.24. The molecule has 31 heavy (non-hydrogen) atoms.